The highest BCUT2D eigenvalue weighted by molar-refractivity contribution is 14.0. The number of methoxy groups -OCH3 is 1. The second kappa shape index (κ2) is 11.8. The summed E-state index contributed by atoms with van der Waals surface area (Å²) >= 11 is 6.27. The fourth-order valence-electron chi connectivity index (χ4n) is 2.39. The summed E-state index contributed by atoms with van der Waals surface area (Å²) in [7, 11) is 5.46. The number of guanidine groups is 1. The molecule has 0 saturated heterocycles. The number of aliphatic imine (C=N–C) groups is 1. The number of hydrogen-bond acceptors (Lipinski definition) is 3. The highest BCUT2D eigenvalue weighted by Gasteiger charge is 2.21. The first-order valence-electron chi connectivity index (χ1n) is 8.46. The fourth-order valence-corrected chi connectivity index (χ4v) is 2.66. The average molecular weight is 482 g/mol. The third kappa shape index (κ3) is 8.00. The Morgan fingerprint density at radius 2 is 2.16 bits per heavy atom. The number of nitrogens with one attached hydrogen (secondary N) is 1. The maximum Gasteiger partial charge on any atom is 0.193 e. The molecule has 0 amide bonds. The van der Waals surface area contributed by atoms with Crippen LogP contribution in [0.1, 0.15) is 18.4 Å². The maximum absolute atomic E-state index is 6.27. The Morgan fingerprint density at radius 3 is 2.76 bits per heavy atom. The van der Waals surface area contributed by atoms with Gasteiger partial charge in [0.1, 0.15) is 5.75 Å². The molecule has 0 atom stereocenters. The molecule has 1 aromatic rings. The van der Waals surface area contributed by atoms with Crippen LogP contribution in [0.4, 0.5) is 0 Å². The van der Waals surface area contributed by atoms with E-state index in [4.69, 9.17) is 21.1 Å². The number of rotatable bonds is 9. The second-order valence-electron chi connectivity index (χ2n) is 6.12. The molecular weight excluding hydrogens is 453 g/mol. The number of ether oxygens (including phenoxy) is 2. The van der Waals surface area contributed by atoms with Crippen LogP contribution in [0.15, 0.2) is 23.2 Å². The highest BCUT2D eigenvalue weighted by atomic mass is 127. The number of likely N-dealkylation sites (N-methyl/N-ethyl adjacent to an activating group) is 1. The summed E-state index contributed by atoms with van der Waals surface area (Å²) in [6.45, 7) is 3.23. The molecule has 1 aliphatic carbocycles. The molecule has 1 saturated carbocycles. The Labute approximate surface area is 173 Å². The van der Waals surface area contributed by atoms with Gasteiger partial charge in [0.15, 0.2) is 5.96 Å². The highest BCUT2D eigenvalue weighted by Crippen LogP contribution is 2.28. The molecule has 0 spiro atoms. The van der Waals surface area contributed by atoms with Crippen LogP contribution < -0.4 is 10.1 Å². The summed E-state index contributed by atoms with van der Waals surface area (Å²) in [6.07, 6.45) is 3.48. The quantitative estimate of drug-likeness (QED) is 0.254. The minimum absolute atomic E-state index is 0. The molecule has 0 aliphatic heterocycles. The van der Waals surface area contributed by atoms with Gasteiger partial charge in [0, 0.05) is 38.8 Å². The Kier molecular flexibility index (Phi) is 10.5. The first kappa shape index (κ1) is 22.3. The summed E-state index contributed by atoms with van der Waals surface area (Å²) in [6, 6.07) is 5.77. The third-order valence-electron chi connectivity index (χ3n) is 4.13. The van der Waals surface area contributed by atoms with Crippen molar-refractivity contribution in [3.63, 3.8) is 0 Å². The molecule has 1 aromatic carbocycles. The van der Waals surface area contributed by atoms with Crippen LogP contribution in [0.25, 0.3) is 0 Å². The van der Waals surface area contributed by atoms with Gasteiger partial charge in [-0.1, -0.05) is 17.7 Å². The van der Waals surface area contributed by atoms with Gasteiger partial charge in [-0.15, -0.1) is 24.0 Å². The fraction of sp³-hybridized carbons (Fsp3) is 0.611. The predicted octanol–water partition coefficient (Wildman–Crippen LogP) is 3.44. The molecule has 7 heteroatoms. The van der Waals surface area contributed by atoms with Gasteiger partial charge in [0.05, 0.1) is 13.7 Å². The average Bonchev–Trinajstić information content (AvgIpc) is 3.41. The van der Waals surface area contributed by atoms with Gasteiger partial charge in [0.2, 0.25) is 0 Å². The Hall–Kier alpha value is -0.730. The van der Waals surface area contributed by atoms with Crippen molar-refractivity contribution in [2.75, 3.05) is 47.5 Å². The van der Waals surface area contributed by atoms with E-state index < -0.39 is 0 Å². The lowest BCUT2D eigenvalue weighted by molar-refractivity contribution is 0.115. The standard InChI is InChI=1S/C18H28ClN3O2.HI/c1-20-18(22(2)10-11-24-13-14-4-5-14)21-9-8-15-6-7-16(23-3)12-17(15)19;/h6-7,12,14H,4-5,8-11,13H2,1-3H3,(H,20,21);1H. The zero-order valence-corrected chi connectivity index (χ0v) is 18.3. The van der Waals surface area contributed by atoms with Crippen LogP contribution >= 0.6 is 35.6 Å². The first-order valence-corrected chi connectivity index (χ1v) is 8.83. The van der Waals surface area contributed by atoms with Crippen molar-refractivity contribution in [2.45, 2.75) is 19.3 Å². The lowest BCUT2D eigenvalue weighted by Crippen LogP contribution is -2.41. The van der Waals surface area contributed by atoms with Gasteiger partial charge in [-0.2, -0.15) is 0 Å². The van der Waals surface area contributed by atoms with E-state index in [1.54, 1.807) is 14.2 Å². The molecule has 142 valence electrons. The minimum Gasteiger partial charge on any atom is -0.497 e. The summed E-state index contributed by atoms with van der Waals surface area (Å²) in [5, 5.41) is 4.10. The zero-order chi connectivity index (χ0) is 17.4. The van der Waals surface area contributed by atoms with Gasteiger partial charge in [0.25, 0.3) is 0 Å². The third-order valence-corrected chi connectivity index (χ3v) is 4.48. The van der Waals surface area contributed by atoms with E-state index in [-0.39, 0.29) is 24.0 Å². The molecule has 1 aliphatic rings. The molecule has 25 heavy (non-hydrogen) atoms. The summed E-state index contributed by atoms with van der Waals surface area (Å²) in [5.74, 6) is 2.45. The van der Waals surface area contributed by atoms with E-state index in [0.717, 1.165) is 60.9 Å². The van der Waals surface area contributed by atoms with Crippen LogP contribution in [-0.4, -0.2) is 58.4 Å². The first-order chi connectivity index (χ1) is 11.6. The summed E-state index contributed by atoms with van der Waals surface area (Å²) < 4.78 is 10.8. The van der Waals surface area contributed by atoms with Crippen LogP contribution in [0.3, 0.4) is 0 Å². The van der Waals surface area contributed by atoms with E-state index >= 15 is 0 Å². The van der Waals surface area contributed by atoms with Crippen molar-refractivity contribution < 1.29 is 9.47 Å². The van der Waals surface area contributed by atoms with Gasteiger partial charge in [-0.05, 0) is 42.9 Å². The van der Waals surface area contributed by atoms with Crippen LogP contribution in [0, 0.1) is 5.92 Å². The molecular formula is C18H29ClIN3O2. The number of halogens is 2. The Bertz CT molecular complexity index is 553. The molecule has 1 fully saturated rings. The van der Waals surface area contributed by atoms with Crippen LogP contribution in [-0.2, 0) is 11.2 Å². The maximum atomic E-state index is 6.27. The predicted molar refractivity (Wildman–Crippen MR) is 115 cm³/mol. The molecule has 0 unspecified atom stereocenters. The summed E-state index contributed by atoms with van der Waals surface area (Å²) in [5.41, 5.74) is 1.09. The molecule has 0 radical (unpaired) electrons. The van der Waals surface area contributed by atoms with Crippen molar-refractivity contribution >= 4 is 41.5 Å². The largest absolute Gasteiger partial charge is 0.497 e. The van der Waals surface area contributed by atoms with Gasteiger partial charge in [-0.3, -0.25) is 4.99 Å². The van der Waals surface area contributed by atoms with Crippen molar-refractivity contribution in [1.82, 2.24) is 10.2 Å². The molecule has 2 rings (SSSR count). The SMILES string of the molecule is CN=C(NCCc1ccc(OC)cc1Cl)N(C)CCOCC1CC1.I. The van der Waals surface area contributed by atoms with Crippen molar-refractivity contribution in [3.8, 4) is 5.75 Å². The van der Waals surface area contributed by atoms with Crippen molar-refractivity contribution in [3.05, 3.63) is 28.8 Å². The summed E-state index contributed by atoms with van der Waals surface area (Å²) in [4.78, 5) is 6.40. The van der Waals surface area contributed by atoms with Crippen LogP contribution in [0.5, 0.6) is 5.75 Å². The second-order valence-corrected chi connectivity index (χ2v) is 6.53. The smallest absolute Gasteiger partial charge is 0.193 e. The number of hydrogen-bond donors (Lipinski definition) is 1. The lowest BCUT2D eigenvalue weighted by Gasteiger charge is -2.22. The molecule has 0 heterocycles. The van der Waals surface area contributed by atoms with Crippen molar-refractivity contribution in [1.29, 1.82) is 0 Å². The topological polar surface area (TPSA) is 46.1 Å². The normalized spacial score (nSPS) is 14.0. The van der Waals surface area contributed by atoms with E-state index in [1.807, 2.05) is 25.2 Å². The molecule has 0 bridgehead atoms. The van der Waals surface area contributed by atoms with Gasteiger partial charge < -0.3 is 19.7 Å². The van der Waals surface area contributed by atoms with E-state index in [0.29, 0.717) is 0 Å². The Morgan fingerprint density at radius 1 is 1.40 bits per heavy atom. The van der Waals surface area contributed by atoms with Crippen molar-refractivity contribution in [2.24, 2.45) is 10.9 Å². The van der Waals surface area contributed by atoms with Gasteiger partial charge >= 0.3 is 0 Å². The molecule has 1 N–H and O–H groups in total. The zero-order valence-electron chi connectivity index (χ0n) is 15.3. The molecule has 5 nitrogen and oxygen atoms in total. The number of nitrogens with zero attached hydrogens (tertiary/aromatic N) is 2. The number of benzene rings is 1. The van der Waals surface area contributed by atoms with Crippen LogP contribution in [0.2, 0.25) is 5.02 Å². The van der Waals surface area contributed by atoms with E-state index in [1.165, 1.54) is 12.8 Å². The minimum atomic E-state index is 0. The van der Waals surface area contributed by atoms with Gasteiger partial charge in [-0.25, -0.2) is 0 Å². The van der Waals surface area contributed by atoms with E-state index in [2.05, 4.69) is 15.2 Å². The van der Waals surface area contributed by atoms with E-state index in [9.17, 15) is 0 Å². The Balaban J connectivity index is 0.00000312. The monoisotopic (exact) mass is 481 g/mol. The lowest BCUT2D eigenvalue weighted by atomic mass is 10.1. The molecule has 0 aromatic heterocycles.